The lowest BCUT2D eigenvalue weighted by Gasteiger charge is -2.31. The molecule has 2 rings (SSSR count). The molecule has 1 saturated heterocycles. The predicted octanol–water partition coefficient (Wildman–Crippen LogP) is 2.72. The van der Waals surface area contributed by atoms with Crippen molar-refractivity contribution in [3.05, 3.63) is 28.2 Å². The molecule has 21 heavy (non-hydrogen) atoms. The maximum absolute atomic E-state index is 12.6. The van der Waals surface area contributed by atoms with E-state index in [1.54, 1.807) is 25.2 Å². The summed E-state index contributed by atoms with van der Waals surface area (Å²) in [5.41, 5.74) is 0.934. The SMILES string of the molecule is Cc1cc(S(=O)(=O)N(C)CC2CCN(C)CC2)ccc1Br. The van der Waals surface area contributed by atoms with E-state index in [1.807, 2.05) is 6.92 Å². The molecular formula is C15H23BrN2O2S. The molecule has 118 valence electrons. The zero-order chi connectivity index (χ0) is 15.6. The van der Waals surface area contributed by atoms with Crippen molar-refractivity contribution >= 4 is 26.0 Å². The number of hydrogen-bond acceptors (Lipinski definition) is 3. The van der Waals surface area contributed by atoms with Crippen LogP contribution >= 0.6 is 15.9 Å². The summed E-state index contributed by atoms with van der Waals surface area (Å²) in [6, 6.07) is 5.19. The molecule has 0 aromatic heterocycles. The van der Waals surface area contributed by atoms with E-state index in [2.05, 4.69) is 27.9 Å². The van der Waals surface area contributed by atoms with E-state index in [0.717, 1.165) is 36.0 Å². The molecule has 1 aliphatic heterocycles. The van der Waals surface area contributed by atoms with Crippen LogP contribution in [0, 0.1) is 12.8 Å². The first kappa shape index (κ1) is 16.9. The molecule has 1 fully saturated rings. The molecule has 0 aliphatic carbocycles. The Morgan fingerprint density at radius 1 is 1.33 bits per heavy atom. The van der Waals surface area contributed by atoms with Gasteiger partial charge in [-0.1, -0.05) is 15.9 Å². The van der Waals surface area contributed by atoms with Crippen molar-refractivity contribution < 1.29 is 8.42 Å². The molecule has 0 amide bonds. The van der Waals surface area contributed by atoms with Gasteiger partial charge in [0.25, 0.3) is 0 Å². The topological polar surface area (TPSA) is 40.6 Å². The molecule has 6 heteroatoms. The van der Waals surface area contributed by atoms with Crippen molar-refractivity contribution in [3.8, 4) is 0 Å². The third kappa shape index (κ3) is 4.06. The number of aryl methyl sites for hydroxylation is 1. The number of benzene rings is 1. The summed E-state index contributed by atoms with van der Waals surface area (Å²) in [6.45, 7) is 4.61. The van der Waals surface area contributed by atoms with Gasteiger partial charge in [-0.3, -0.25) is 0 Å². The van der Waals surface area contributed by atoms with E-state index in [-0.39, 0.29) is 0 Å². The van der Waals surface area contributed by atoms with E-state index >= 15 is 0 Å². The number of hydrogen-bond donors (Lipinski definition) is 0. The number of rotatable bonds is 4. The normalized spacial score (nSPS) is 18.3. The zero-order valence-corrected chi connectivity index (χ0v) is 15.2. The summed E-state index contributed by atoms with van der Waals surface area (Å²) in [5.74, 6) is 0.456. The van der Waals surface area contributed by atoms with Crippen molar-refractivity contribution in [1.82, 2.24) is 9.21 Å². The Kier molecular flexibility index (Phi) is 5.46. The maximum atomic E-state index is 12.6. The molecule has 0 N–H and O–H groups in total. The second kappa shape index (κ2) is 6.77. The van der Waals surface area contributed by atoms with Gasteiger partial charge in [-0.2, -0.15) is 0 Å². The summed E-state index contributed by atoms with van der Waals surface area (Å²) < 4.78 is 27.7. The van der Waals surface area contributed by atoms with Crippen molar-refractivity contribution in [2.75, 3.05) is 33.7 Å². The fraction of sp³-hybridized carbons (Fsp3) is 0.600. The first-order valence-corrected chi connectivity index (χ1v) is 9.45. The lowest BCUT2D eigenvalue weighted by molar-refractivity contribution is 0.202. The molecule has 0 bridgehead atoms. The molecule has 1 heterocycles. The number of nitrogens with zero attached hydrogens (tertiary/aromatic N) is 2. The Hall–Kier alpha value is -0.430. The summed E-state index contributed by atoms with van der Waals surface area (Å²) in [6.07, 6.45) is 2.13. The Morgan fingerprint density at radius 2 is 1.95 bits per heavy atom. The highest BCUT2D eigenvalue weighted by Crippen LogP contribution is 2.24. The minimum atomic E-state index is -3.39. The van der Waals surface area contributed by atoms with Crippen LogP contribution in [0.3, 0.4) is 0 Å². The highest BCUT2D eigenvalue weighted by atomic mass is 79.9. The van der Waals surface area contributed by atoms with E-state index in [0.29, 0.717) is 17.4 Å². The van der Waals surface area contributed by atoms with Crippen LogP contribution in [-0.2, 0) is 10.0 Å². The fourth-order valence-corrected chi connectivity index (χ4v) is 4.24. The molecule has 0 radical (unpaired) electrons. The minimum Gasteiger partial charge on any atom is -0.306 e. The molecule has 0 saturated carbocycles. The molecule has 1 aromatic rings. The molecule has 1 aromatic carbocycles. The van der Waals surface area contributed by atoms with E-state index in [9.17, 15) is 8.42 Å². The van der Waals surface area contributed by atoms with Gasteiger partial charge in [-0.25, -0.2) is 12.7 Å². The fourth-order valence-electron chi connectivity index (χ4n) is 2.66. The van der Waals surface area contributed by atoms with Gasteiger partial charge in [-0.05, 0) is 69.6 Å². The van der Waals surface area contributed by atoms with Crippen LogP contribution in [0.25, 0.3) is 0 Å². The maximum Gasteiger partial charge on any atom is 0.242 e. The van der Waals surface area contributed by atoms with Crippen molar-refractivity contribution in [3.63, 3.8) is 0 Å². The number of halogens is 1. The van der Waals surface area contributed by atoms with Gasteiger partial charge in [0.05, 0.1) is 4.90 Å². The van der Waals surface area contributed by atoms with Crippen LogP contribution in [0.5, 0.6) is 0 Å². The van der Waals surface area contributed by atoms with Crippen molar-refractivity contribution in [2.24, 2.45) is 5.92 Å². The van der Waals surface area contributed by atoms with Crippen molar-refractivity contribution in [1.29, 1.82) is 0 Å². The molecule has 1 aliphatic rings. The second-order valence-corrected chi connectivity index (χ2v) is 8.84. The Labute approximate surface area is 136 Å². The number of sulfonamides is 1. The summed E-state index contributed by atoms with van der Waals surface area (Å²) >= 11 is 3.41. The molecule has 0 atom stereocenters. The van der Waals surface area contributed by atoms with Crippen LogP contribution in [0.15, 0.2) is 27.6 Å². The van der Waals surface area contributed by atoms with Gasteiger partial charge in [0.2, 0.25) is 10.0 Å². The Bertz CT molecular complexity index is 596. The van der Waals surface area contributed by atoms with Crippen LogP contribution in [-0.4, -0.2) is 51.4 Å². The average molecular weight is 375 g/mol. The smallest absolute Gasteiger partial charge is 0.242 e. The summed E-state index contributed by atoms with van der Waals surface area (Å²) in [5, 5.41) is 0. The number of piperidine rings is 1. The minimum absolute atomic E-state index is 0.374. The second-order valence-electron chi connectivity index (χ2n) is 5.94. The Balaban J connectivity index is 2.09. The standard InChI is InChI=1S/C15H23BrN2O2S/c1-12-10-14(4-5-15(12)16)21(19,20)18(3)11-13-6-8-17(2)9-7-13/h4-5,10,13H,6-9,11H2,1-3H3. The highest BCUT2D eigenvalue weighted by molar-refractivity contribution is 9.10. The molecule has 0 unspecified atom stereocenters. The van der Waals surface area contributed by atoms with Crippen LogP contribution in [0.4, 0.5) is 0 Å². The van der Waals surface area contributed by atoms with E-state index < -0.39 is 10.0 Å². The van der Waals surface area contributed by atoms with Crippen LogP contribution in [0.1, 0.15) is 18.4 Å². The van der Waals surface area contributed by atoms with Gasteiger partial charge in [0.1, 0.15) is 0 Å². The first-order valence-electron chi connectivity index (χ1n) is 7.21. The number of likely N-dealkylation sites (tertiary alicyclic amines) is 1. The predicted molar refractivity (Wildman–Crippen MR) is 88.9 cm³/mol. The lowest BCUT2D eigenvalue weighted by atomic mass is 9.97. The lowest BCUT2D eigenvalue weighted by Crippen LogP contribution is -2.37. The third-order valence-electron chi connectivity index (χ3n) is 4.19. The zero-order valence-electron chi connectivity index (χ0n) is 12.8. The van der Waals surface area contributed by atoms with Gasteiger partial charge >= 0.3 is 0 Å². The Morgan fingerprint density at radius 3 is 2.52 bits per heavy atom. The van der Waals surface area contributed by atoms with Gasteiger partial charge in [0, 0.05) is 18.1 Å². The first-order chi connectivity index (χ1) is 9.80. The quantitative estimate of drug-likeness (QED) is 0.813. The van der Waals surface area contributed by atoms with E-state index in [4.69, 9.17) is 0 Å². The average Bonchev–Trinajstić information content (AvgIpc) is 2.44. The van der Waals surface area contributed by atoms with Crippen LogP contribution < -0.4 is 0 Å². The molecular weight excluding hydrogens is 352 g/mol. The molecule has 0 spiro atoms. The molecule has 4 nitrogen and oxygen atoms in total. The van der Waals surface area contributed by atoms with E-state index in [1.165, 1.54) is 4.31 Å². The summed E-state index contributed by atoms with van der Waals surface area (Å²) in [7, 11) is 0.406. The highest BCUT2D eigenvalue weighted by Gasteiger charge is 2.25. The summed E-state index contributed by atoms with van der Waals surface area (Å²) in [4.78, 5) is 2.67. The largest absolute Gasteiger partial charge is 0.306 e. The van der Waals surface area contributed by atoms with Gasteiger partial charge in [0.15, 0.2) is 0 Å². The van der Waals surface area contributed by atoms with Crippen LogP contribution in [0.2, 0.25) is 0 Å². The third-order valence-corrected chi connectivity index (χ3v) is 6.90. The van der Waals surface area contributed by atoms with Crippen molar-refractivity contribution in [2.45, 2.75) is 24.7 Å². The van der Waals surface area contributed by atoms with Gasteiger partial charge < -0.3 is 4.90 Å². The van der Waals surface area contributed by atoms with Gasteiger partial charge in [-0.15, -0.1) is 0 Å². The monoisotopic (exact) mass is 374 g/mol.